The Hall–Kier alpha value is -0.0400. The third kappa shape index (κ3) is 1.22. The van der Waals surface area contributed by atoms with Gasteiger partial charge in [0, 0.05) is 0 Å². The monoisotopic (exact) mass is 114 g/mol. The van der Waals surface area contributed by atoms with E-state index in [1.54, 1.807) is 0 Å². The highest BCUT2D eigenvalue weighted by molar-refractivity contribution is 4.68. The van der Waals surface area contributed by atoms with Crippen LogP contribution in [0.15, 0.2) is 0 Å². The Kier molecular flexibility index (Phi) is 1.90. The normalized spacial score (nSPS) is 38.2. The summed E-state index contributed by atoms with van der Waals surface area (Å²) in [4.78, 5) is 0. The van der Waals surface area contributed by atoms with Crippen molar-refractivity contribution in [1.29, 1.82) is 0 Å². The molecule has 0 amide bonds. The minimum Gasteiger partial charge on any atom is -0.375 e. The van der Waals surface area contributed by atoms with Crippen LogP contribution in [0.4, 0.5) is 0 Å². The second-order valence-corrected chi connectivity index (χ2v) is 2.55. The van der Waals surface area contributed by atoms with Crippen molar-refractivity contribution in [2.24, 2.45) is 0 Å². The van der Waals surface area contributed by atoms with E-state index in [1.165, 1.54) is 19.3 Å². The lowest BCUT2D eigenvalue weighted by Crippen LogP contribution is -2.05. The number of rotatable bonds is 1. The van der Waals surface area contributed by atoms with Crippen molar-refractivity contribution >= 4 is 0 Å². The first-order chi connectivity index (χ1) is 3.83. The van der Waals surface area contributed by atoms with Gasteiger partial charge in [-0.05, 0) is 26.2 Å². The van der Waals surface area contributed by atoms with Crippen LogP contribution in [0.1, 0.15) is 33.1 Å². The van der Waals surface area contributed by atoms with E-state index in [9.17, 15) is 0 Å². The molecule has 1 rings (SSSR count). The molecule has 48 valence electrons. The Bertz CT molecular complexity index is 70.8. The van der Waals surface area contributed by atoms with Crippen molar-refractivity contribution in [1.82, 2.24) is 0 Å². The maximum atomic E-state index is 5.51. The van der Waals surface area contributed by atoms with Gasteiger partial charge in [0.1, 0.15) is 0 Å². The molecule has 1 heterocycles. The lowest BCUT2D eigenvalue weighted by atomic mass is 10.2. The number of hydrogen-bond acceptors (Lipinski definition) is 1. The molecule has 0 N–H and O–H groups in total. The van der Waals surface area contributed by atoms with Crippen LogP contribution < -0.4 is 0 Å². The van der Waals surface area contributed by atoms with E-state index in [0.29, 0.717) is 12.2 Å². The SMILES string of the molecule is CCC1CC[C@H](C)O1. The van der Waals surface area contributed by atoms with Crippen molar-refractivity contribution in [3.05, 3.63) is 0 Å². The fourth-order valence-electron chi connectivity index (χ4n) is 1.19. The molecule has 0 aliphatic carbocycles. The molecule has 0 radical (unpaired) electrons. The predicted octanol–water partition coefficient (Wildman–Crippen LogP) is 1.96. The van der Waals surface area contributed by atoms with Crippen molar-refractivity contribution in [3.8, 4) is 0 Å². The molecule has 0 saturated carbocycles. The van der Waals surface area contributed by atoms with Crippen molar-refractivity contribution in [2.75, 3.05) is 0 Å². The van der Waals surface area contributed by atoms with E-state index in [4.69, 9.17) is 4.74 Å². The predicted molar refractivity (Wildman–Crippen MR) is 33.9 cm³/mol. The lowest BCUT2D eigenvalue weighted by molar-refractivity contribution is 0.0540. The largest absolute Gasteiger partial charge is 0.375 e. The summed E-state index contributed by atoms with van der Waals surface area (Å²) in [6.45, 7) is 4.33. The van der Waals surface area contributed by atoms with Gasteiger partial charge in [-0.1, -0.05) is 6.92 Å². The highest BCUT2D eigenvalue weighted by atomic mass is 16.5. The summed E-state index contributed by atoms with van der Waals surface area (Å²) >= 11 is 0. The molecule has 1 fully saturated rings. The summed E-state index contributed by atoms with van der Waals surface area (Å²) in [5, 5.41) is 0. The van der Waals surface area contributed by atoms with Crippen molar-refractivity contribution in [2.45, 2.75) is 45.3 Å². The molecule has 0 aromatic carbocycles. The first kappa shape index (κ1) is 6.09. The molecule has 8 heavy (non-hydrogen) atoms. The van der Waals surface area contributed by atoms with Gasteiger partial charge in [0.25, 0.3) is 0 Å². The lowest BCUT2D eigenvalue weighted by Gasteiger charge is -2.05. The third-order valence-corrected chi connectivity index (χ3v) is 1.78. The van der Waals surface area contributed by atoms with Gasteiger partial charge in [0.2, 0.25) is 0 Å². The maximum Gasteiger partial charge on any atom is 0.0577 e. The average molecular weight is 114 g/mol. The average Bonchev–Trinajstić information content (AvgIpc) is 2.14. The Balaban J connectivity index is 2.22. The molecule has 0 bridgehead atoms. The van der Waals surface area contributed by atoms with Gasteiger partial charge in [0.05, 0.1) is 12.2 Å². The Morgan fingerprint density at radius 1 is 1.50 bits per heavy atom. The highest BCUT2D eigenvalue weighted by Crippen LogP contribution is 2.20. The van der Waals surface area contributed by atoms with Crippen LogP contribution >= 0.6 is 0 Å². The Morgan fingerprint density at radius 3 is 2.50 bits per heavy atom. The van der Waals surface area contributed by atoms with Gasteiger partial charge in [-0.15, -0.1) is 0 Å². The van der Waals surface area contributed by atoms with E-state index < -0.39 is 0 Å². The summed E-state index contributed by atoms with van der Waals surface area (Å²) < 4.78 is 5.51. The van der Waals surface area contributed by atoms with Crippen LogP contribution in [0.25, 0.3) is 0 Å². The first-order valence-corrected chi connectivity index (χ1v) is 3.48. The molecule has 0 spiro atoms. The zero-order valence-electron chi connectivity index (χ0n) is 5.68. The molecule has 0 aromatic rings. The van der Waals surface area contributed by atoms with Crippen LogP contribution in [-0.4, -0.2) is 12.2 Å². The summed E-state index contributed by atoms with van der Waals surface area (Å²) in [7, 11) is 0. The minimum absolute atomic E-state index is 0.528. The second-order valence-electron chi connectivity index (χ2n) is 2.55. The molecular formula is C7H14O. The highest BCUT2D eigenvalue weighted by Gasteiger charge is 2.18. The number of hydrogen-bond donors (Lipinski definition) is 0. The summed E-state index contributed by atoms with van der Waals surface area (Å²) in [5.74, 6) is 0. The molecular weight excluding hydrogens is 100 g/mol. The standard InChI is InChI=1S/C7H14O/c1-3-7-5-4-6(2)8-7/h6-7H,3-5H2,1-2H3/t6-,7?/m0/s1. The minimum atomic E-state index is 0.528. The molecule has 1 heteroatoms. The van der Waals surface area contributed by atoms with E-state index in [0.717, 1.165) is 0 Å². The molecule has 1 nitrogen and oxygen atoms in total. The summed E-state index contributed by atoms with van der Waals surface area (Å²) in [6, 6.07) is 0. The molecule has 1 aliphatic heterocycles. The van der Waals surface area contributed by atoms with E-state index in [2.05, 4.69) is 13.8 Å². The molecule has 1 unspecified atom stereocenters. The van der Waals surface area contributed by atoms with Gasteiger partial charge in [0.15, 0.2) is 0 Å². The van der Waals surface area contributed by atoms with Gasteiger partial charge in [-0.3, -0.25) is 0 Å². The Morgan fingerprint density at radius 2 is 2.25 bits per heavy atom. The van der Waals surface area contributed by atoms with Gasteiger partial charge < -0.3 is 4.74 Å². The van der Waals surface area contributed by atoms with Gasteiger partial charge in [-0.25, -0.2) is 0 Å². The van der Waals surface area contributed by atoms with Gasteiger partial charge >= 0.3 is 0 Å². The van der Waals surface area contributed by atoms with Crippen LogP contribution in [0.5, 0.6) is 0 Å². The second kappa shape index (κ2) is 2.49. The maximum absolute atomic E-state index is 5.51. The molecule has 0 aromatic heterocycles. The van der Waals surface area contributed by atoms with E-state index >= 15 is 0 Å². The van der Waals surface area contributed by atoms with Gasteiger partial charge in [-0.2, -0.15) is 0 Å². The van der Waals surface area contributed by atoms with Crippen molar-refractivity contribution < 1.29 is 4.74 Å². The zero-order chi connectivity index (χ0) is 5.98. The fraction of sp³-hybridized carbons (Fsp3) is 1.00. The first-order valence-electron chi connectivity index (χ1n) is 3.48. The fourth-order valence-corrected chi connectivity index (χ4v) is 1.19. The molecule has 2 atom stereocenters. The van der Waals surface area contributed by atoms with E-state index in [1.807, 2.05) is 0 Å². The Labute approximate surface area is 51.0 Å². The summed E-state index contributed by atoms with van der Waals surface area (Å²) in [5.41, 5.74) is 0. The van der Waals surface area contributed by atoms with Crippen molar-refractivity contribution in [3.63, 3.8) is 0 Å². The van der Waals surface area contributed by atoms with Crippen LogP contribution in [-0.2, 0) is 4.74 Å². The zero-order valence-corrected chi connectivity index (χ0v) is 5.68. The quantitative estimate of drug-likeness (QED) is 0.506. The molecule has 1 aliphatic rings. The third-order valence-electron chi connectivity index (χ3n) is 1.78. The summed E-state index contributed by atoms with van der Waals surface area (Å²) in [6.07, 6.45) is 4.82. The smallest absolute Gasteiger partial charge is 0.0577 e. The topological polar surface area (TPSA) is 9.23 Å². The van der Waals surface area contributed by atoms with Crippen LogP contribution in [0.3, 0.4) is 0 Å². The molecule has 1 saturated heterocycles. The number of ether oxygens (including phenoxy) is 1. The van der Waals surface area contributed by atoms with Crippen LogP contribution in [0, 0.1) is 0 Å². The van der Waals surface area contributed by atoms with Crippen LogP contribution in [0.2, 0.25) is 0 Å². The van der Waals surface area contributed by atoms with E-state index in [-0.39, 0.29) is 0 Å².